The van der Waals surface area contributed by atoms with Crippen molar-refractivity contribution in [2.75, 3.05) is 6.54 Å². The molecule has 0 aliphatic rings. The third-order valence-electron chi connectivity index (χ3n) is 0.827. The first-order valence-corrected chi connectivity index (χ1v) is 2.27. The largest absolute Gasteiger partial charge is 0.412 e. The average molecular weight is 106 g/mol. The standard InChI is InChI=1S/C4H12N2.H2O/c1-2-4(6)3-5;/h4H,2-3,5-6H2,1H3;1H2. The second kappa shape index (κ2) is 5.88. The van der Waals surface area contributed by atoms with Crippen LogP contribution in [0.4, 0.5) is 0 Å². The van der Waals surface area contributed by atoms with E-state index < -0.39 is 0 Å². The smallest absolute Gasteiger partial charge is 0.0160 e. The van der Waals surface area contributed by atoms with Crippen molar-refractivity contribution in [3.05, 3.63) is 0 Å². The predicted octanol–water partition coefficient (Wildman–Crippen LogP) is -1.14. The van der Waals surface area contributed by atoms with Crippen LogP contribution in [0.2, 0.25) is 0 Å². The number of nitrogens with two attached hydrogens (primary N) is 2. The van der Waals surface area contributed by atoms with Gasteiger partial charge in [0.2, 0.25) is 0 Å². The lowest BCUT2D eigenvalue weighted by Crippen LogP contribution is -2.28. The molecule has 0 aliphatic heterocycles. The minimum Gasteiger partial charge on any atom is -0.412 e. The highest BCUT2D eigenvalue weighted by Crippen LogP contribution is 1.77. The summed E-state index contributed by atoms with van der Waals surface area (Å²) in [5, 5.41) is 0. The number of hydrogen-bond acceptors (Lipinski definition) is 2. The van der Waals surface area contributed by atoms with Crippen LogP contribution in [-0.4, -0.2) is 18.1 Å². The second-order valence-electron chi connectivity index (χ2n) is 1.40. The maximum atomic E-state index is 5.35. The highest BCUT2D eigenvalue weighted by Gasteiger charge is 1.88. The lowest BCUT2D eigenvalue weighted by Gasteiger charge is -1.99. The van der Waals surface area contributed by atoms with E-state index in [0.717, 1.165) is 6.42 Å². The van der Waals surface area contributed by atoms with Crippen LogP contribution < -0.4 is 11.5 Å². The van der Waals surface area contributed by atoms with Gasteiger partial charge in [0.05, 0.1) is 0 Å². The quantitative estimate of drug-likeness (QED) is 0.466. The van der Waals surface area contributed by atoms with Gasteiger partial charge in [0.1, 0.15) is 0 Å². The molecule has 0 saturated heterocycles. The van der Waals surface area contributed by atoms with Gasteiger partial charge in [0.15, 0.2) is 0 Å². The molecule has 0 heterocycles. The van der Waals surface area contributed by atoms with E-state index in [0.29, 0.717) is 6.54 Å². The Kier molecular flexibility index (Phi) is 8.39. The van der Waals surface area contributed by atoms with Crippen molar-refractivity contribution in [3.63, 3.8) is 0 Å². The highest BCUT2D eigenvalue weighted by atomic mass is 16.0. The SMILES string of the molecule is CCC(N)CN.O. The van der Waals surface area contributed by atoms with Gasteiger partial charge >= 0.3 is 0 Å². The van der Waals surface area contributed by atoms with E-state index in [1.807, 2.05) is 6.92 Å². The molecule has 1 unspecified atom stereocenters. The van der Waals surface area contributed by atoms with Crippen molar-refractivity contribution in [2.45, 2.75) is 19.4 Å². The summed E-state index contributed by atoms with van der Waals surface area (Å²) in [7, 11) is 0. The second-order valence-corrected chi connectivity index (χ2v) is 1.40. The Bertz CT molecular complexity index is 28.9. The minimum atomic E-state index is 0. The van der Waals surface area contributed by atoms with Crippen LogP contribution in [0.3, 0.4) is 0 Å². The molecule has 0 bridgehead atoms. The van der Waals surface area contributed by atoms with Crippen molar-refractivity contribution in [2.24, 2.45) is 11.5 Å². The van der Waals surface area contributed by atoms with Crippen LogP contribution in [0.25, 0.3) is 0 Å². The summed E-state index contributed by atoms with van der Waals surface area (Å²) in [6.07, 6.45) is 0.983. The molecule has 0 rings (SSSR count). The lowest BCUT2D eigenvalue weighted by molar-refractivity contribution is 0.660. The summed E-state index contributed by atoms with van der Waals surface area (Å²) in [5.74, 6) is 0. The van der Waals surface area contributed by atoms with Gasteiger partial charge in [0.25, 0.3) is 0 Å². The molecule has 0 radical (unpaired) electrons. The molecular formula is C4H14N2O. The van der Waals surface area contributed by atoms with E-state index in [9.17, 15) is 0 Å². The summed E-state index contributed by atoms with van der Waals surface area (Å²) in [4.78, 5) is 0. The van der Waals surface area contributed by atoms with Gasteiger partial charge in [-0.3, -0.25) is 0 Å². The Morgan fingerprint density at radius 1 is 1.57 bits per heavy atom. The van der Waals surface area contributed by atoms with Gasteiger partial charge in [-0.1, -0.05) is 6.92 Å². The first-order valence-electron chi connectivity index (χ1n) is 2.27. The van der Waals surface area contributed by atoms with Crippen molar-refractivity contribution in [1.29, 1.82) is 0 Å². The van der Waals surface area contributed by atoms with Crippen molar-refractivity contribution in [3.8, 4) is 0 Å². The molecule has 0 amide bonds. The molecule has 0 aliphatic carbocycles. The molecule has 3 heteroatoms. The fraction of sp³-hybridized carbons (Fsp3) is 1.00. The van der Waals surface area contributed by atoms with E-state index >= 15 is 0 Å². The molecule has 6 N–H and O–H groups in total. The van der Waals surface area contributed by atoms with Crippen LogP contribution in [0.15, 0.2) is 0 Å². The van der Waals surface area contributed by atoms with Gasteiger partial charge in [-0.05, 0) is 6.42 Å². The zero-order chi connectivity index (χ0) is 4.99. The molecule has 1 atom stereocenters. The Morgan fingerprint density at radius 2 is 2.00 bits per heavy atom. The van der Waals surface area contributed by atoms with Gasteiger partial charge in [0, 0.05) is 12.6 Å². The van der Waals surface area contributed by atoms with Crippen molar-refractivity contribution in [1.82, 2.24) is 0 Å². The average Bonchev–Trinajstić information content (AvgIpc) is 1.65. The normalized spacial score (nSPS) is 12.4. The monoisotopic (exact) mass is 106 g/mol. The Morgan fingerprint density at radius 3 is 2.00 bits per heavy atom. The Balaban J connectivity index is 0. The molecule has 7 heavy (non-hydrogen) atoms. The maximum absolute atomic E-state index is 5.35. The zero-order valence-corrected chi connectivity index (χ0v) is 4.65. The van der Waals surface area contributed by atoms with E-state index in [1.54, 1.807) is 0 Å². The molecular weight excluding hydrogens is 92.1 g/mol. The predicted molar refractivity (Wildman–Crippen MR) is 30.9 cm³/mol. The molecule has 0 spiro atoms. The first-order chi connectivity index (χ1) is 2.81. The fourth-order valence-corrected chi connectivity index (χ4v) is 0.167. The highest BCUT2D eigenvalue weighted by molar-refractivity contribution is 4.55. The number of rotatable bonds is 2. The van der Waals surface area contributed by atoms with E-state index in [4.69, 9.17) is 11.5 Å². The van der Waals surface area contributed by atoms with E-state index in [-0.39, 0.29) is 11.5 Å². The van der Waals surface area contributed by atoms with Crippen molar-refractivity contribution < 1.29 is 5.48 Å². The van der Waals surface area contributed by atoms with Gasteiger partial charge in [-0.15, -0.1) is 0 Å². The maximum Gasteiger partial charge on any atom is 0.0160 e. The number of hydrogen-bond donors (Lipinski definition) is 2. The lowest BCUT2D eigenvalue weighted by atomic mass is 10.2. The van der Waals surface area contributed by atoms with Crippen LogP contribution in [0.1, 0.15) is 13.3 Å². The van der Waals surface area contributed by atoms with Crippen LogP contribution in [0.5, 0.6) is 0 Å². The van der Waals surface area contributed by atoms with Crippen LogP contribution in [0, 0.1) is 0 Å². The van der Waals surface area contributed by atoms with Crippen LogP contribution in [-0.2, 0) is 0 Å². The van der Waals surface area contributed by atoms with Gasteiger partial charge in [-0.2, -0.15) is 0 Å². The molecule has 0 aromatic rings. The van der Waals surface area contributed by atoms with E-state index in [2.05, 4.69) is 0 Å². The van der Waals surface area contributed by atoms with Crippen molar-refractivity contribution >= 4 is 0 Å². The summed E-state index contributed by atoms with van der Waals surface area (Å²) in [5.41, 5.74) is 10.5. The van der Waals surface area contributed by atoms with Gasteiger partial charge in [-0.25, -0.2) is 0 Å². The summed E-state index contributed by atoms with van der Waals surface area (Å²) >= 11 is 0. The molecule has 0 aromatic carbocycles. The molecule has 46 valence electrons. The summed E-state index contributed by atoms with van der Waals surface area (Å²) < 4.78 is 0. The Hall–Kier alpha value is -0.120. The summed E-state index contributed by atoms with van der Waals surface area (Å²) in [6.45, 7) is 2.63. The fourth-order valence-electron chi connectivity index (χ4n) is 0.167. The minimum absolute atomic E-state index is 0. The van der Waals surface area contributed by atoms with Crippen LogP contribution >= 0.6 is 0 Å². The molecule has 3 nitrogen and oxygen atoms in total. The molecule has 0 saturated carbocycles. The molecule has 0 fully saturated rings. The van der Waals surface area contributed by atoms with E-state index in [1.165, 1.54) is 0 Å². The third-order valence-corrected chi connectivity index (χ3v) is 0.827. The van der Waals surface area contributed by atoms with Gasteiger partial charge < -0.3 is 16.9 Å². The third kappa shape index (κ3) is 5.88. The Labute approximate surface area is 44.0 Å². The topological polar surface area (TPSA) is 83.5 Å². The zero-order valence-electron chi connectivity index (χ0n) is 4.65. The molecule has 0 aromatic heterocycles. The summed E-state index contributed by atoms with van der Waals surface area (Å²) in [6, 6.07) is 0.213. The first kappa shape index (κ1) is 9.99.